The smallest absolute Gasteiger partial charge is 0.148 e. The number of nitrogens with one attached hydrogen (secondary N) is 1. The number of piperidine rings is 3. The van der Waals surface area contributed by atoms with Gasteiger partial charge in [-0.1, -0.05) is 13.0 Å². The van der Waals surface area contributed by atoms with Gasteiger partial charge < -0.3 is 5.32 Å². The lowest BCUT2D eigenvalue weighted by atomic mass is 9.79. The molecule has 2 aromatic rings. The number of fused-ring (bicyclic) bond motifs is 3. The van der Waals surface area contributed by atoms with Crippen molar-refractivity contribution in [3.05, 3.63) is 41.7 Å². The van der Waals surface area contributed by atoms with Gasteiger partial charge in [0.15, 0.2) is 0 Å². The Labute approximate surface area is 148 Å². The largest absolute Gasteiger partial charge is 0.364 e. The maximum absolute atomic E-state index is 14.1. The lowest BCUT2D eigenvalue weighted by Gasteiger charge is -2.50. The van der Waals surface area contributed by atoms with Gasteiger partial charge in [0.05, 0.1) is 5.69 Å². The molecule has 1 N–H and O–H groups in total. The zero-order valence-corrected chi connectivity index (χ0v) is 14.9. The second kappa shape index (κ2) is 6.71. The molecule has 3 aliphatic heterocycles. The van der Waals surface area contributed by atoms with E-state index in [1.165, 1.54) is 32.0 Å². The van der Waals surface area contributed by atoms with Gasteiger partial charge in [-0.2, -0.15) is 0 Å². The Morgan fingerprint density at radius 3 is 2.60 bits per heavy atom. The normalized spacial score (nSPS) is 28.1. The van der Waals surface area contributed by atoms with E-state index in [2.05, 4.69) is 34.3 Å². The molecule has 0 spiro atoms. The van der Waals surface area contributed by atoms with E-state index in [4.69, 9.17) is 0 Å². The van der Waals surface area contributed by atoms with Crippen LogP contribution >= 0.6 is 0 Å². The fourth-order valence-corrected chi connectivity index (χ4v) is 4.26. The van der Waals surface area contributed by atoms with Crippen molar-refractivity contribution < 1.29 is 4.39 Å². The van der Waals surface area contributed by atoms with Crippen molar-refractivity contribution >= 4 is 5.82 Å². The van der Waals surface area contributed by atoms with Gasteiger partial charge in [-0.3, -0.25) is 4.90 Å². The Morgan fingerprint density at radius 1 is 1.16 bits per heavy atom. The summed E-state index contributed by atoms with van der Waals surface area (Å²) < 4.78 is 14.1. The van der Waals surface area contributed by atoms with Crippen LogP contribution in [0.1, 0.15) is 32.3 Å². The maximum atomic E-state index is 14.1. The average Bonchev–Trinajstić information content (AvgIpc) is 2.66. The monoisotopic (exact) mass is 340 g/mol. The van der Waals surface area contributed by atoms with Crippen molar-refractivity contribution in [3.8, 4) is 11.3 Å². The summed E-state index contributed by atoms with van der Waals surface area (Å²) in [6.45, 7) is 6.77. The second-order valence-corrected chi connectivity index (χ2v) is 7.26. The van der Waals surface area contributed by atoms with Crippen LogP contribution in [0.5, 0.6) is 0 Å². The summed E-state index contributed by atoms with van der Waals surface area (Å²) in [6, 6.07) is 9.91. The Kier molecular flexibility index (Phi) is 4.42. The molecule has 132 valence electrons. The van der Waals surface area contributed by atoms with Crippen LogP contribution in [0.2, 0.25) is 0 Å². The lowest BCUT2D eigenvalue weighted by molar-refractivity contribution is 0.0457. The van der Waals surface area contributed by atoms with Gasteiger partial charge in [-0.05, 0) is 75.0 Å². The highest BCUT2D eigenvalue weighted by Gasteiger charge is 2.39. The predicted octanol–water partition coefficient (Wildman–Crippen LogP) is 3.74. The first-order valence-corrected chi connectivity index (χ1v) is 9.29. The number of nitrogens with zero attached hydrogens (tertiary/aromatic N) is 3. The van der Waals surface area contributed by atoms with Gasteiger partial charge >= 0.3 is 0 Å². The molecule has 1 aromatic carbocycles. The maximum Gasteiger partial charge on any atom is 0.148 e. The highest BCUT2D eigenvalue weighted by molar-refractivity contribution is 5.61. The second-order valence-electron chi connectivity index (χ2n) is 7.26. The number of aryl methyl sites for hydroxylation is 1. The topological polar surface area (TPSA) is 41.0 Å². The molecular weight excluding hydrogens is 315 g/mol. The van der Waals surface area contributed by atoms with Crippen LogP contribution in [-0.2, 0) is 6.42 Å². The SMILES string of the molecule is CCc1ccc(F)c(-c2ccc(N[C@@H]3C4CCN(CC4)[C@@H]3C)nn2)c1. The molecule has 3 fully saturated rings. The minimum atomic E-state index is -0.252. The Hall–Kier alpha value is -2.01. The number of halogens is 1. The highest BCUT2D eigenvalue weighted by Crippen LogP contribution is 2.34. The van der Waals surface area contributed by atoms with Crippen LogP contribution in [0, 0.1) is 11.7 Å². The number of aromatic nitrogens is 2. The van der Waals surface area contributed by atoms with E-state index in [9.17, 15) is 4.39 Å². The molecule has 3 saturated heterocycles. The lowest BCUT2D eigenvalue weighted by Crippen LogP contribution is -2.59. The fraction of sp³-hybridized carbons (Fsp3) is 0.500. The number of anilines is 1. The predicted molar refractivity (Wildman–Crippen MR) is 98.0 cm³/mol. The van der Waals surface area contributed by atoms with Crippen LogP contribution < -0.4 is 5.32 Å². The Morgan fingerprint density at radius 2 is 1.96 bits per heavy atom. The summed E-state index contributed by atoms with van der Waals surface area (Å²) in [5.41, 5.74) is 2.21. The average molecular weight is 340 g/mol. The van der Waals surface area contributed by atoms with Gasteiger partial charge in [-0.25, -0.2) is 4.39 Å². The highest BCUT2D eigenvalue weighted by atomic mass is 19.1. The minimum absolute atomic E-state index is 0.252. The van der Waals surface area contributed by atoms with E-state index < -0.39 is 0 Å². The van der Waals surface area contributed by atoms with Gasteiger partial charge in [-0.15, -0.1) is 10.2 Å². The van der Waals surface area contributed by atoms with Crippen molar-refractivity contribution in [1.82, 2.24) is 15.1 Å². The Bertz CT molecular complexity index is 736. The van der Waals surface area contributed by atoms with Crippen molar-refractivity contribution in [3.63, 3.8) is 0 Å². The first-order chi connectivity index (χ1) is 12.2. The van der Waals surface area contributed by atoms with Crippen LogP contribution in [0.4, 0.5) is 10.2 Å². The fourth-order valence-electron chi connectivity index (χ4n) is 4.26. The summed E-state index contributed by atoms with van der Waals surface area (Å²) in [4.78, 5) is 2.55. The first-order valence-electron chi connectivity index (χ1n) is 9.29. The number of rotatable bonds is 4. The zero-order valence-electron chi connectivity index (χ0n) is 14.9. The van der Waals surface area contributed by atoms with E-state index in [1.807, 2.05) is 24.3 Å². The molecule has 3 aliphatic rings. The van der Waals surface area contributed by atoms with Crippen molar-refractivity contribution in [1.29, 1.82) is 0 Å². The molecule has 1 aromatic heterocycles. The molecule has 5 rings (SSSR count). The molecule has 0 unspecified atom stereocenters. The van der Waals surface area contributed by atoms with E-state index in [0.29, 0.717) is 29.3 Å². The number of benzene rings is 1. The molecule has 4 heterocycles. The van der Waals surface area contributed by atoms with Crippen molar-refractivity contribution in [2.24, 2.45) is 5.92 Å². The minimum Gasteiger partial charge on any atom is -0.364 e. The van der Waals surface area contributed by atoms with Crippen LogP contribution in [0.25, 0.3) is 11.3 Å². The third-order valence-corrected chi connectivity index (χ3v) is 5.87. The summed E-state index contributed by atoms with van der Waals surface area (Å²) in [6.07, 6.45) is 3.38. The van der Waals surface area contributed by atoms with Crippen LogP contribution in [0.3, 0.4) is 0 Å². The summed E-state index contributed by atoms with van der Waals surface area (Å²) in [5.74, 6) is 1.24. The Balaban J connectivity index is 1.53. The summed E-state index contributed by atoms with van der Waals surface area (Å²) in [7, 11) is 0. The van der Waals surface area contributed by atoms with E-state index in [-0.39, 0.29) is 5.82 Å². The molecule has 0 aliphatic carbocycles. The van der Waals surface area contributed by atoms with Crippen LogP contribution in [0.15, 0.2) is 30.3 Å². The quantitative estimate of drug-likeness (QED) is 0.920. The molecule has 2 atom stereocenters. The summed E-state index contributed by atoms with van der Waals surface area (Å²) in [5, 5.41) is 12.2. The van der Waals surface area contributed by atoms with Crippen molar-refractivity contribution in [2.75, 3.05) is 18.4 Å². The molecule has 5 heteroatoms. The summed E-state index contributed by atoms with van der Waals surface area (Å²) >= 11 is 0. The van der Waals surface area contributed by atoms with E-state index in [0.717, 1.165) is 17.8 Å². The van der Waals surface area contributed by atoms with E-state index >= 15 is 0 Å². The molecule has 0 radical (unpaired) electrons. The molecule has 2 bridgehead atoms. The standard InChI is InChI=1S/C20H25FN4/c1-3-14-4-5-17(21)16(12-14)18-6-7-19(24-23-18)22-20-13(2)25-10-8-15(20)9-11-25/h4-7,12-13,15,20H,3,8-11H2,1-2H3,(H,22,24)/t13-,20+/m1/s1. The van der Waals surface area contributed by atoms with E-state index in [1.54, 1.807) is 0 Å². The third kappa shape index (κ3) is 3.13. The third-order valence-electron chi connectivity index (χ3n) is 5.87. The molecule has 25 heavy (non-hydrogen) atoms. The van der Waals surface area contributed by atoms with Gasteiger partial charge in [0, 0.05) is 17.6 Å². The molecule has 0 amide bonds. The van der Waals surface area contributed by atoms with Gasteiger partial charge in [0.25, 0.3) is 0 Å². The molecular formula is C20H25FN4. The van der Waals surface area contributed by atoms with Crippen molar-refractivity contribution in [2.45, 2.75) is 45.2 Å². The zero-order chi connectivity index (χ0) is 17.4. The number of hydrogen-bond donors (Lipinski definition) is 1. The van der Waals surface area contributed by atoms with Gasteiger partial charge in [0.1, 0.15) is 11.6 Å². The molecule has 0 saturated carbocycles. The van der Waals surface area contributed by atoms with Crippen LogP contribution in [-0.4, -0.2) is 40.3 Å². The molecule has 4 nitrogen and oxygen atoms in total. The number of hydrogen-bond acceptors (Lipinski definition) is 4. The first kappa shape index (κ1) is 16.5. The van der Waals surface area contributed by atoms with Gasteiger partial charge in [0.2, 0.25) is 0 Å².